The lowest BCUT2D eigenvalue weighted by Gasteiger charge is -2.52. The Morgan fingerprint density at radius 2 is 1.97 bits per heavy atom. The number of morpholine rings is 1. The van der Waals surface area contributed by atoms with Crippen LogP contribution in [0.1, 0.15) is 27.2 Å². The van der Waals surface area contributed by atoms with Gasteiger partial charge >= 0.3 is 0 Å². The smallest absolute Gasteiger partial charge is 0.278 e. The van der Waals surface area contributed by atoms with E-state index < -0.39 is 34.7 Å². The molecule has 3 aromatic rings. The molecule has 4 aliphatic rings. The van der Waals surface area contributed by atoms with E-state index in [0.29, 0.717) is 36.6 Å². The Morgan fingerprint density at radius 1 is 1.14 bits per heavy atom. The van der Waals surface area contributed by atoms with Gasteiger partial charge in [0.25, 0.3) is 5.91 Å². The molecule has 1 atom stereocenters. The fourth-order valence-corrected chi connectivity index (χ4v) is 6.52. The second-order valence-electron chi connectivity index (χ2n) is 9.66. The normalized spacial score (nSPS) is 21.4. The summed E-state index contributed by atoms with van der Waals surface area (Å²) in [5, 5.41) is 10.7. The number of aromatic nitrogens is 1. The van der Waals surface area contributed by atoms with Gasteiger partial charge < -0.3 is 24.9 Å². The van der Waals surface area contributed by atoms with E-state index in [2.05, 4.69) is 5.43 Å². The second kappa shape index (κ2) is 7.83. The molecular weight excluding hydrogens is 485 g/mol. The van der Waals surface area contributed by atoms with Gasteiger partial charge in [-0.1, -0.05) is 18.2 Å². The molecule has 2 saturated heterocycles. The summed E-state index contributed by atoms with van der Waals surface area (Å²) in [7, 11) is 0. The predicted octanol–water partition coefficient (Wildman–Crippen LogP) is 2.68. The Morgan fingerprint density at radius 3 is 2.78 bits per heavy atom. The van der Waals surface area contributed by atoms with Crippen molar-refractivity contribution >= 4 is 17.7 Å². The molecule has 1 amide bonds. The zero-order valence-electron chi connectivity index (χ0n) is 19.1. The molecule has 2 N–H and O–H groups in total. The number of amides is 1. The first-order valence-corrected chi connectivity index (χ1v) is 12.7. The molecule has 8 nitrogen and oxygen atoms in total. The average molecular weight is 508 g/mol. The number of ether oxygens (including phenoxy) is 2. The molecule has 2 aromatic carbocycles. The van der Waals surface area contributed by atoms with E-state index in [9.17, 15) is 19.1 Å². The molecule has 184 valence electrons. The zero-order valence-corrected chi connectivity index (χ0v) is 19.9. The van der Waals surface area contributed by atoms with Crippen LogP contribution in [0.4, 0.5) is 4.39 Å². The monoisotopic (exact) mass is 507 g/mol. The van der Waals surface area contributed by atoms with Crippen molar-refractivity contribution in [3.05, 3.63) is 80.9 Å². The Labute approximate surface area is 209 Å². The quantitative estimate of drug-likeness (QED) is 0.523. The number of rotatable bonds is 1. The number of nitrogens with zero attached hydrogens (tertiary/aromatic N) is 2. The van der Waals surface area contributed by atoms with Gasteiger partial charge in [-0.2, -0.15) is 0 Å². The van der Waals surface area contributed by atoms with Crippen LogP contribution in [0.3, 0.4) is 0 Å². The molecule has 1 spiro atoms. The van der Waals surface area contributed by atoms with Crippen LogP contribution in [0.2, 0.25) is 0 Å². The van der Waals surface area contributed by atoms with Gasteiger partial charge in [-0.15, -0.1) is 11.8 Å². The third-order valence-electron chi connectivity index (χ3n) is 7.35. The maximum absolute atomic E-state index is 14.9. The lowest BCUT2D eigenvalue weighted by molar-refractivity contribution is -0.241. The SMILES string of the molecule is O=C1c2c(O)c(=O)cc(-c3cc(F)cc4c3Cc3ccccc3SC4)n2N[C@@H]2COC3(COC3)CN12. The van der Waals surface area contributed by atoms with Crippen LogP contribution in [0.25, 0.3) is 11.3 Å². The largest absolute Gasteiger partial charge is 0.502 e. The molecule has 0 aliphatic carbocycles. The first kappa shape index (κ1) is 21.9. The van der Waals surface area contributed by atoms with Crippen LogP contribution in [0.15, 0.2) is 52.2 Å². The Kier molecular flexibility index (Phi) is 4.76. The van der Waals surface area contributed by atoms with Gasteiger partial charge in [-0.3, -0.25) is 9.59 Å². The number of nitrogens with one attached hydrogen (secondary N) is 1. The number of halogens is 1. The van der Waals surface area contributed by atoms with Crippen molar-refractivity contribution in [1.29, 1.82) is 0 Å². The van der Waals surface area contributed by atoms with E-state index in [1.54, 1.807) is 16.7 Å². The van der Waals surface area contributed by atoms with Crippen LogP contribution in [-0.2, 0) is 21.6 Å². The maximum atomic E-state index is 14.9. The van der Waals surface area contributed by atoms with Crippen molar-refractivity contribution in [1.82, 2.24) is 9.58 Å². The van der Waals surface area contributed by atoms with Crippen LogP contribution in [0.5, 0.6) is 5.75 Å². The van der Waals surface area contributed by atoms with Crippen LogP contribution >= 0.6 is 11.8 Å². The number of benzene rings is 2. The molecule has 0 unspecified atom stereocenters. The van der Waals surface area contributed by atoms with Gasteiger partial charge in [-0.05, 0) is 41.3 Å². The third-order valence-corrected chi connectivity index (χ3v) is 8.51. The van der Waals surface area contributed by atoms with Gasteiger partial charge in [0.1, 0.15) is 17.6 Å². The number of fused-ring (bicyclic) bond motifs is 4. The van der Waals surface area contributed by atoms with E-state index in [1.165, 1.54) is 22.9 Å². The first-order valence-electron chi connectivity index (χ1n) is 11.7. The van der Waals surface area contributed by atoms with Gasteiger partial charge in [0.2, 0.25) is 5.43 Å². The number of hydrogen-bond acceptors (Lipinski definition) is 7. The minimum absolute atomic E-state index is 0.160. The molecule has 0 bridgehead atoms. The van der Waals surface area contributed by atoms with Crippen molar-refractivity contribution in [2.45, 2.75) is 28.8 Å². The highest BCUT2D eigenvalue weighted by atomic mass is 32.2. The number of hydrogen-bond donors (Lipinski definition) is 2. The molecular formula is C26H22FN3O5S. The fraction of sp³-hybridized carbons (Fsp3) is 0.308. The molecule has 0 radical (unpaired) electrons. The summed E-state index contributed by atoms with van der Waals surface area (Å²) in [6, 6.07) is 12.2. The summed E-state index contributed by atoms with van der Waals surface area (Å²) in [6.45, 7) is 1.27. The molecule has 7 rings (SSSR count). The third kappa shape index (κ3) is 3.21. The van der Waals surface area contributed by atoms with Gasteiger partial charge in [-0.25, -0.2) is 9.07 Å². The summed E-state index contributed by atoms with van der Waals surface area (Å²) < 4.78 is 27.7. The average Bonchev–Trinajstić information content (AvgIpc) is 3.04. The first-order chi connectivity index (χ1) is 17.4. The minimum Gasteiger partial charge on any atom is -0.502 e. The Balaban J connectivity index is 1.40. The van der Waals surface area contributed by atoms with E-state index >= 15 is 0 Å². The lowest BCUT2D eigenvalue weighted by Crippen LogP contribution is -2.70. The number of carbonyl (C=O) groups excluding carboxylic acids is 1. The van der Waals surface area contributed by atoms with Crippen molar-refractivity contribution in [2.24, 2.45) is 0 Å². The highest BCUT2D eigenvalue weighted by Crippen LogP contribution is 2.40. The van der Waals surface area contributed by atoms with Crippen LogP contribution in [-0.4, -0.2) is 58.7 Å². The molecule has 4 aliphatic heterocycles. The van der Waals surface area contributed by atoms with Gasteiger partial charge in [0, 0.05) is 22.3 Å². The summed E-state index contributed by atoms with van der Waals surface area (Å²) in [5.74, 6) is -0.967. The highest BCUT2D eigenvalue weighted by Gasteiger charge is 2.50. The molecule has 1 aromatic heterocycles. The van der Waals surface area contributed by atoms with Crippen molar-refractivity contribution in [3.8, 4) is 17.0 Å². The minimum atomic E-state index is -0.693. The molecule has 2 fully saturated rings. The van der Waals surface area contributed by atoms with Crippen molar-refractivity contribution in [3.63, 3.8) is 0 Å². The van der Waals surface area contributed by atoms with E-state index in [1.807, 2.05) is 24.3 Å². The summed E-state index contributed by atoms with van der Waals surface area (Å²) >= 11 is 1.64. The van der Waals surface area contributed by atoms with Crippen molar-refractivity contribution < 1.29 is 23.8 Å². The fourth-order valence-electron chi connectivity index (χ4n) is 5.45. The standard InChI is InChI=1S/C26H22FN3O5S/c27-16-5-15-10-36-21-4-2-1-3-14(21)6-17(15)18(7-16)19-8-20(31)24(32)23-25(33)29-11-26(12-34-13-26)35-9-22(29)28-30(19)23/h1-5,7-8,22,28,32H,6,9-13H2/t22-/m0/s1. The summed E-state index contributed by atoms with van der Waals surface area (Å²) in [4.78, 5) is 29.2. The summed E-state index contributed by atoms with van der Waals surface area (Å²) in [6.07, 6.45) is 0.0357. The van der Waals surface area contributed by atoms with Gasteiger partial charge in [0.05, 0.1) is 32.1 Å². The van der Waals surface area contributed by atoms with E-state index in [-0.39, 0.29) is 18.8 Å². The number of aromatic hydroxyl groups is 1. The summed E-state index contributed by atoms with van der Waals surface area (Å²) in [5.41, 5.74) is 5.49. The van der Waals surface area contributed by atoms with E-state index in [4.69, 9.17) is 9.47 Å². The Bertz CT molecular complexity index is 1500. The Hall–Kier alpha value is -3.34. The molecule has 36 heavy (non-hydrogen) atoms. The molecule has 10 heteroatoms. The molecule has 0 saturated carbocycles. The number of pyridine rings is 1. The number of thioether (sulfide) groups is 1. The lowest BCUT2D eigenvalue weighted by atomic mass is 9.92. The topological polar surface area (TPSA) is 93.0 Å². The second-order valence-corrected chi connectivity index (χ2v) is 10.7. The van der Waals surface area contributed by atoms with Crippen molar-refractivity contribution in [2.75, 3.05) is 31.8 Å². The van der Waals surface area contributed by atoms with Gasteiger partial charge in [0.15, 0.2) is 11.4 Å². The predicted molar refractivity (Wildman–Crippen MR) is 130 cm³/mol. The highest BCUT2D eigenvalue weighted by molar-refractivity contribution is 7.98. The number of carbonyl (C=O) groups is 1. The van der Waals surface area contributed by atoms with Crippen LogP contribution < -0.4 is 10.9 Å². The maximum Gasteiger partial charge on any atom is 0.278 e. The van der Waals surface area contributed by atoms with E-state index in [0.717, 1.165) is 21.6 Å². The van der Waals surface area contributed by atoms with Crippen LogP contribution in [0, 0.1) is 5.82 Å². The molecule has 5 heterocycles. The zero-order chi connectivity index (χ0) is 24.6.